The van der Waals surface area contributed by atoms with Crippen LogP contribution in [0.15, 0.2) is 45.7 Å². The third-order valence-electron chi connectivity index (χ3n) is 3.79. The van der Waals surface area contributed by atoms with E-state index in [-0.39, 0.29) is 18.2 Å². The molecule has 0 saturated carbocycles. The fourth-order valence-corrected chi connectivity index (χ4v) is 4.28. The molecule has 1 N–H and O–H groups in total. The Balaban J connectivity index is 1.56. The molecule has 4 rings (SSSR count). The highest BCUT2D eigenvalue weighted by Crippen LogP contribution is 2.34. The normalized spacial score (nSPS) is 12.3. The summed E-state index contributed by atoms with van der Waals surface area (Å²) in [5.41, 5.74) is 0.496. The zero-order chi connectivity index (χ0) is 17.9. The number of rotatable bonds is 6. The van der Waals surface area contributed by atoms with Gasteiger partial charge in [0.1, 0.15) is 0 Å². The molecule has 1 aliphatic heterocycles. The second-order valence-electron chi connectivity index (χ2n) is 5.44. The van der Waals surface area contributed by atoms with Gasteiger partial charge in [0, 0.05) is 28.9 Å². The zero-order valence-corrected chi connectivity index (χ0v) is 15.6. The molecular weight excluding hydrogens is 372 g/mol. The topological polar surface area (TPSA) is 78.3 Å². The first-order chi connectivity index (χ1) is 12.7. The number of fused-ring (bicyclic) bond motifs is 1. The van der Waals surface area contributed by atoms with Crippen LogP contribution in [0.25, 0.3) is 0 Å². The van der Waals surface area contributed by atoms with Gasteiger partial charge >= 0.3 is 0 Å². The molecule has 0 spiro atoms. The van der Waals surface area contributed by atoms with Crippen LogP contribution in [0.3, 0.4) is 0 Å². The summed E-state index contributed by atoms with van der Waals surface area (Å²) in [6.07, 6.45) is 0. The first-order valence-corrected chi connectivity index (χ1v) is 9.90. The molecule has 0 radical (unpaired) electrons. The highest BCUT2D eigenvalue weighted by Gasteiger charge is 2.16. The Bertz CT molecular complexity index is 973. The van der Waals surface area contributed by atoms with Gasteiger partial charge in [-0.05, 0) is 30.5 Å². The van der Waals surface area contributed by atoms with Crippen molar-refractivity contribution in [3.63, 3.8) is 0 Å². The largest absolute Gasteiger partial charge is 0.454 e. The lowest BCUT2D eigenvalue weighted by Gasteiger charge is -2.11. The molecule has 1 aliphatic rings. The zero-order valence-electron chi connectivity index (χ0n) is 14.0. The molecule has 2 aromatic heterocycles. The van der Waals surface area contributed by atoms with Crippen molar-refractivity contribution in [3.05, 3.63) is 50.9 Å². The van der Waals surface area contributed by atoms with Gasteiger partial charge in [-0.3, -0.25) is 9.36 Å². The SMILES string of the molecule is CCn1c(SCc2cccs2)nnc(Nc2ccc3c(c2)OCO3)c1=O. The molecule has 0 fully saturated rings. The van der Waals surface area contributed by atoms with Gasteiger partial charge in [0.05, 0.1) is 0 Å². The Morgan fingerprint density at radius 2 is 2.15 bits per heavy atom. The Morgan fingerprint density at radius 1 is 1.27 bits per heavy atom. The second kappa shape index (κ2) is 7.38. The molecule has 26 heavy (non-hydrogen) atoms. The standard InChI is InChI=1S/C17H16N4O3S2/c1-2-21-16(22)15(18-11-5-6-13-14(8-11)24-10-23-13)19-20-17(21)26-9-12-4-3-7-25-12/h3-8H,2,9-10H2,1H3,(H,18,19). The minimum atomic E-state index is -0.200. The van der Waals surface area contributed by atoms with Crippen LogP contribution in [0.5, 0.6) is 11.5 Å². The van der Waals surface area contributed by atoms with E-state index in [1.165, 1.54) is 16.6 Å². The lowest BCUT2D eigenvalue weighted by atomic mass is 10.3. The van der Waals surface area contributed by atoms with E-state index in [1.807, 2.05) is 24.4 Å². The van der Waals surface area contributed by atoms with E-state index in [0.29, 0.717) is 28.9 Å². The van der Waals surface area contributed by atoms with Crippen molar-refractivity contribution in [1.29, 1.82) is 0 Å². The maximum absolute atomic E-state index is 12.8. The molecule has 0 amide bonds. The summed E-state index contributed by atoms with van der Waals surface area (Å²) in [5, 5.41) is 14.0. The fraction of sp³-hybridized carbons (Fsp3) is 0.235. The molecule has 0 aliphatic carbocycles. The number of anilines is 2. The van der Waals surface area contributed by atoms with Gasteiger partial charge in [-0.1, -0.05) is 17.8 Å². The Kier molecular flexibility index (Phi) is 4.81. The fourth-order valence-electron chi connectivity index (χ4n) is 2.51. The van der Waals surface area contributed by atoms with Gasteiger partial charge < -0.3 is 14.8 Å². The van der Waals surface area contributed by atoms with Crippen molar-refractivity contribution >= 4 is 34.6 Å². The van der Waals surface area contributed by atoms with Crippen molar-refractivity contribution in [2.24, 2.45) is 0 Å². The molecule has 0 saturated heterocycles. The van der Waals surface area contributed by atoms with Crippen molar-refractivity contribution in [2.75, 3.05) is 12.1 Å². The van der Waals surface area contributed by atoms with Gasteiger partial charge in [-0.25, -0.2) is 0 Å². The van der Waals surface area contributed by atoms with E-state index in [9.17, 15) is 4.79 Å². The molecular formula is C17H16N4O3S2. The Hall–Kier alpha value is -2.52. The van der Waals surface area contributed by atoms with Crippen LogP contribution in [0.4, 0.5) is 11.5 Å². The number of thiophene rings is 1. The molecule has 0 unspecified atom stereocenters. The number of hydrogen-bond acceptors (Lipinski definition) is 8. The number of nitrogens with zero attached hydrogens (tertiary/aromatic N) is 3. The van der Waals surface area contributed by atoms with Gasteiger partial charge in [0.15, 0.2) is 16.7 Å². The number of thioether (sulfide) groups is 1. The molecule has 3 aromatic rings. The van der Waals surface area contributed by atoms with Gasteiger partial charge in [-0.2, -0.15) is 0 Å². The van der Waals surface area contributed by atoms with Crippen molar-refractivity contribution in [3.8, 4) is 11.5 Å². The maximum Gasteiger partial charge on any atom is 0.297 e. The van der Waals surface area contributed by atoms with Gasteiger partial charge in [-0.15, -0.1) is 21.5 Å². The summed E-state index contributed by atoms with van der Waals surface area (Å²) in [4.78, 5) is 14.0. The average Bonchev–Trinajstić information content (AvgIpc) is 3.33. The van der Waals surface area contributed by atoms with Gasteiger partial charge in [0.25, 0.3) is 5.56 Å². The van der Waals surface area contributed by atoms with Crippen LogP contribution >= 0.6 is 23.1 Å². The first kappa shape index (κ1) is 16.9. The number of ether oxygens (including phenoxy) is 2. The summed E-state index contributed by atoms with van der Waals surface area (Å²) >= 11 is 3.19. The van der Waals surface area contributed by atoms with E-state index >= 15 is 0 Å². The van der Waals surface area contributed by atoms with Crippen molar-refractivity contribution < 1.29 is 9.47 Å². The van der Waals surface area contributed by atoms with Crippen LogP contribution < -0.4 is 20.3 Å². The summed E-state index contributed by atoms with van der Waals surface area (Å²) in [6, 6.07) is 9.46. The molecule has 9 heteroatoms. The molecule has 7 nitrogen and oxygen atoms in total. The van der Waals surface area contributed by atoms with Crippen LogP contribution in [-0.2, 0) is 12.3 Å². The molecule has 3 heterocycles. The first-order valence-electron chi connectivity index (χ1n) is 8.04. The minimum absolute atomic E-state index is 0.186. The number of hydrogen-bond donors (Lipinski definition) is 1. The molecule has 1 aromatic carbocycles. The quantitative estimate of drug-likeness (QED) is 0.648. The highest BCUT2D eigenvalue weighted by molar-refractivity contribution is 7.98. The van der Waals surface area contributed by atoms with Crippen molar-refractivity contribution in [1.82, 2.24) is 14.8 Å². The minimum Gasteiger partial charge on any atom is -0.454 e. The van der Waals surface area contributed by atoms with E-state index in [2.05, 4.69) is 21.6 Å². The Labute approximate surface area is 158 Å². The lowest BCUT2D eigenvalue weighted by Crippen LogP contribution is -2.26. The summed E-state index contributed by atoms with van der Waals surface area (Å²) in [6.45, 7) is 2.65. The average molecular weight is 388 g/mol. The smallest absolute Gasteiger partial charge is 0.297 e. The van der Waals surface area contributed by atoms with E-state index in [4.69, 9.17) is 9.47 Å². The number of nitrogens with one attached hydrogen (secondary N) is 1. The van der Waals surface area contributed by atoms with E-state index in [1.54, 1.807) is 28.0 Å². The van der Waals surface area contributed by atoms with Gasteiger partial charge in [0.2, 0.25) is 12.6 Å². The van der Waals surface area contributed by atoms with Crippen LogP contribution in [0.1, 0.15) is 11.8 Å². The maximum atomic E-state index is 12.8. The van der Waals surface area contributed by atoms with E-state index < -0.39 is 0 Å². The van der Waals surface area contributed by atoms with E-state index in [0.717, 1.165) is 5.75 Å². The third kappa shape index (κ3) is 3.40. The summed E-state index contributed by atoms with van der Waals surface area (Å²) in [7, 11) is 0. The molecule has 134 valence electrons. The summed E-state index contributed by atoms with van der Waals surface area (Å²) in [5.74, 6) is 2.28. The monoisotopic (exact) mass is 388 g/mol. The third-order valence-corrected chi connectivity index (χ3v) is 5.86. The molecule has 0 bridgehead atoms. The summed E-state index contributed by atoms with van der Waals surface area (Å²) < 4.78 is 12.3. The number of benzene rings is 1. The Morgan fingerprint density at radius 3 is 2.96 bits per heavy atom. The predicted molar refractivity (Wildman–Crippen MR) is 102 cm³/mol. The lowest BCUT2D eigenvalue weighted by molar-refractivity contribution is 0.174. The highest BCUT2D eigenvalue weighted by atomic mass is 32.2. The van der Waals surface area contributed by atoms with Crippen LogP contribution in [-0.4, -0.2) is 21.6 Å². The molecule has 0 atom stereocenters. The van der Waals surface area contributed by atoms with Crippen LogP contribution in [0, 0.1) is 0 Å². The number of aromatic nitrogens is 3. The predicted octanol–water partition coefficient (Wildman–Crippen LogP) is 3.48. The van der Waals surface area contributed by atoms with Crippen LogP contribution in [0.2, 0.25) is 0 Å². The second-order valence-corrected chi connectivity index (χ2v) is 7.42. The van der Waals surface area contributed by atoms with Crippen molar-refractivity contribution in [2.45, 2.75) is 24.4 Å².